The Kier molecular flexibility index (Phi) is 6.26. The largest absolute Gasteiger partial charge is 0.336 e. The molecule has 0 bridgehead atoms. The van der Waals surface area contributed by atoms with Crippen molar-refractivity contribution in [3.63, 3.8) is 0 Å². The van der Waals surface area contributed by atoms with Crippen molar-refractivity contribution in [2.24, 2.45) is 0 Å². The monoisotopic (exact) mass is 430 g/mol. The first-order chi connectivity index (χ1) is 14.5. The molecule has 2 aromatic rings. The average molecular weight is 431 g/mol. The summed E-state index contributed by atoms with van der Waals surface area (Å²) in [5, 5.41) is 0. The van der Waals surface area contributed by atoms with Crippen molar-refractivity contribution >= 4 is 16.1 Å². The van der Waals surface area contributed by atoms with Gasteiger partial charge >= 0.3 is 0 Å². The number of hydrogen-bond donors (Lipinski definition) is 0. The van der Waals surface area contributed by atoms with Gasteiger partial charge in [0, 0.05) is 62.9 Å². The van der Waals surface area contributed by atoms with Gasteiger partial charge in [-0.1, -0.05) is 25.3 Å². The van der Waals surface area contributed by atoms with E-state index < -0.39 is 10.2 Å². The van der Waals surface area contributed by atoms with E-state index in [0.29, 0.717) is 31.7 Å². The zero-order valence-electron chi connectivity index (χ0n) is 17.5. The third-order valence-corrected chi connectivity index (χ3v) is 8.34. The smallest absolute Gasteiger partial charge is 0.282 e. The number of hydrogen-bond acceptors (Lipinski definition) is 3. The van der Waals surface area contributed by atoms with Crippen molar-refractivity contribution in [2.75, 3.05) is 33.2 Å². The van der Waals surface area contributed by atoms with Crippen LogP contribution in [0.4, 0.5) is 0 Å². The summed E-state index contributed by atoms with van der Waals surface area (Å²) in [6.07, 6.45) is 9.13. The van der Waals surface area contributed by atoms with Gasteiger partial charge in [0.1, 0.15) is 0 Å². The molecule has 2 fully saturated rings. The second-order valence-electron chi connectivity index (χ2n) is 8.15. The lowest BCUT2D eigenvalue weighted by Gasteiger charge is -2.38. The number of benzene rings is 1. The van der Waals surface area contributed by atoms with Crippen LogP contribution in [-0.4, -0.2) is 71.7 Å². The van der Waals surface area contributed by atoms with Crippen LogP contribution in [-0.2, 0) is 10.2 Å². The Labute approximate surface area is 179 Å². The van der Waals surface area contributed by atoms with Crippen molar-refractivity contribution in [2.45, 2.75) is 38.1 Å². The van der Waals surface area contributed by atoms with E-state index >= 15 is 0 Å². The number of aromatic nitrogens is 1. The predicted octanol–water partition coefficient (Wildman–Crippen LogP) is 2.74. The number of amides is 1. The van der Waals surface area contributed by atoms with E-state index in [1.807, 2.05) is 53.4 Å². The molecule has 0 spiro atoms. The summed E-state index contributed by atoms with van der Waals surface area (Å²) < 4.78 is 31.2. The number of carbonyl (C=O) groups is 1. The minimum atomic E-state index is -3.49. The lowest BCUT2D eigenvalue weighted by molar-refractivity contribution is 0.0693. The van der Waals surface area contributed by atoms with Crippen LogP contribution < -0.4 is 0 Å². The van der Waals surface area contributed by atoms with Crippen LogP contribution in [0.2, 0.25) is 0 Å². The van der Waals surface area contributed by atoms with Crippen molar-refractivity contribution in [1.82, 2.24) is 18.1 Å². The molecule has 1 aromatic carbocycles. The lowest BCUT2D eigenvalue weighted by atomic mass is 9.96. The average Bonchev–Trinajstić information content (AvgIpc) is 3.34. The van der Waals surface area contributed by atoms with Crippen LogP contribution in [0.5, 0.6) is 0 Å². The van der Waals surface area contributed by atoms with Gasteiger partial charge in [-0.2, -0.15) is 17.0 Å². The summed E-state index contributed by atoms with van der Waals surface area (Å²) in [5.41, 5.74) is 1.55. The number of rotatable bonds is 5. The normalized spacial score (nSPS) is 19.3. The molecule has 1 aromatic heterocycles. The van der Waals surface area contributed by atoms with Crippen molar-refractivity contribution in [3.8, 4) is 5.69 Å². The van der Waals surface area contributed by atoms with Crippen molar-refractivity contribution in [3.05, 3.63) is 54.4 Å². The van der Waals surface area contributed by atoms with Crippen LogP contribution in [0, 0.1) is 0 Å². The second-order valence-corrected chi connectivity index (χ2v) is 10.1. The van der Waals surface area contributed by atoms with Gasteiger partial charge in [0.15, 0.2) is 0 Å². The summed E-state index contributed by atoms with van der Waals surface area (Å²) in [5.74, 6) is -0.0540. The molecular formula is C22H30N4O3S. The first-order valence-corrected chi connectivity index (χ1v) is 12.1. The van der Waals surface area contributed by atoms with Gasteiger partial charge in [-0.15, -0.1) is 0 Å². The summed E-state index contributed by atoms with van der Waals surface area (Å²) in [6.45, 7) is 1.49. The molecule has 162 valence electrons. The van der Waals surface area contributed by atoms with E-state index in [0.717, 1.165) is 31.4 Å². The maximum absolute atomic E-state index is 13.1. The van der Waals surface area contributed by atoms with E-state index in [9.17, 15) is 13.2 Å². The third-order valence-electron chi connectivity index (χ3n) is 6.30. The van der Waals surface area contributed by atoms with Gasteiger partial charge in [-0.3, -0.25) is 4.79 Å². The number of carbonyl (C=O) groups excluding carboxylic acids is 1. The van der Waals surface area contributed by atoms with Gasteiger partial charge in [0.25, 0.3) is 16.1 Å². The Morgan fingerprint density at radius 2 is 1.63 bits per heavy atom. The molecule has 1 saturated carbocycles. The second kappa shape index (κ2) is 8.91. The number of piperazine rings is 1. The van der Waals surface area contributed by atoms with E-state index in [-0.39, 0.29) is 11.9 Å². The molecule has 1 saturated heterocycles. The lowest BCUT2D eigenvalue weighted by Crippen LogP contribution is -2.55. The zero-order chi connectivity index (χ0) is 21.1. The highest BCUT2D eigenvalue weighted by Crippen LogP contribution is 2.25. The Morgan fingerprint density at radius 3 is 2.30 bits per heavy atom. The molecule has 8 heteroatoms. The fraction of sp³-hybridized carbons (Fsp3) is 0.500. The molecule has 30 heavy (non-hydrogen) atoms. The number of nitrogens with zero attached hydrogens (tertiary/aromatic N) is 4. The Hall–Kier alpha value is -2.16. The fourth-order valence-corrected chi connectivity index (χ4v) is 6.00. The van der Waals surface area contributed by atoms with Crippen LogP contribution in [0.3, 0.4) is 0 Å². The molecule has 2 heterocycles. The molecule has 0 unspecified atom stereocenters. The standard InChI is InChI=1S/C22H30N4O3S/c1-23(20-9-3-2-4-10-20)30(28,29)26-16-14-25(15-17-26)22(27)19-8-7-11-21(18-19)24-12-5-6-13-24/h5-8,11-13,18,20H,2-4,9-10,14-17H2,1H3. The molecule has 2 aliphatic rings. The molecule has 0 radical (unpaired) electrons. The van der Waals surface area contributed by atoms with Crippen molar-refractivity contribution in [1.29, 1.82) is 0 Å². The summed E-state index contributed by atoms with van der Waals surface area (Å²) in [6, 6.07) is 11.5. The van der Waals surface area contributed by atoms with Gasteiger partial charge in [0.2, 0.25) is 0 Å². The maximum atomic E-state index is 13.1. The molecule has 7 nitrogen and oxygen atoms in total. The first kappa shape index (κ1) is 21.1. The summed E-state index contributed by atoms with van der Waals surface area (Å²) in [7, 11) is -1.78. The molecular weight excluding hydrogens is 400 g/mol. The Bertz CT molecular complexity index is 960. The summed E-state index contributed by atoms with van der Waals surface area (Å²) in [4.78, 5) is 14.7. The summed E-state index contributed by atoms with van der Waals surface area (Å²) >= 11 is 0. The predicted molar refractivity (Wildman–Crippen MR) is 117 cm³/mol. The van der Waals surface area contributed by atoms with Gasteiger partial charge in [0.05, 0.1) is 0 Å². The van der Waals surface area contributed by atoms with Crippen LogP contribution in [0.25, 0.3) is 5.69 Å². The zero-order valence-corrected chi connectivity index (χ0v) is 18.3. The SMILES string of the molecule is CN(C1CCCCC1)S(=O)(=O)N1CCN(C(=O)c2cccc(-n3cccc3)c2)CC1. The van der Waals surface area contributed by atoms with Crippen molar-refractivity contribution < 1.29 is 13.2 Å². The van der Waals surface area contributed by atoms with Crippen LogP contribution >= 0.6 is 0 Å². The van der Waals surface area contributed by atoms with Gasteiger partial charge < -0.3 is 9.47 Å². The van der Waals surface area contributed by atoms with E-state index in [1.54, 1.807) is 16.3 Å². The van der Waals surface area contributed by atoms with E-state index in [1.165, 1.54) is 10.7 Å². The first-order valence-electron chi connectivity index (χ1n) is 10.7. The minimum Gasteiger partial charge on any atom is -0.336 e. The quantitative estimate of drug-likeness (QED) is 0.733. The Morgan fingerprint density at radius 1 is 0.967 bits per heavy atom. The highest BCUT2D eigenvalue weighted by molar-refractivity contribution is 7.86. The molecule has 0 atom stereocenters. The highest BCUT2D eigenvalue weighted by atomic mass is 32.2. The van der Waals surface area contributed by atoms with Gasteiger partial charge in [-0.05, 0) is 43.2 Å². The van der Waals surface area contributed by atoms with Crippen LogP contribution in [0.15, 0.2) is 48.8 Å². The highest BCUT2D eigenvalue weighted by Gasteiger charge is 2.35. The molecule has 1 amide bonds. The third kappa shape index (κ3) is 4.31. The van der Waals surface area contributed by atoms with Crippen LogP contribution in [0.1, 0.15) is 42.5 Å². The van der Waals surface area contributed by atoms with E-state index in [4.69, 9.17) is 0 Å². The minimum absolute atomic E-state index is 0.0540. The molecule has 1 aliphatic heterocycles. The molecule has 4 rings (SSSR count). The Balaban J connectivity index is 1.39. The maximum Gasteiger partial charge on any atom is 0.282 e. The fourth-order valence-electron chi connectivity index (χ4n) is 4.43. The van der Waals surface area contributed by atoms with E-state index in [2.05, 4.69) is 0 Å². The van der Waals surface area contributed by atoms with Gasteiger partial charge in [-0.25, -0.2) is 0 Å². The molecule has 1 aliphatic carbocycles. The topological polar surface area (TPSA) is 65.9 Å². The molecule has 0 N–H and O–H groups in total.